The molecule has 1 aromatic heterocycles. The minimum Gasteiger partial charge on any atom is -0.396 e. The van der Waals surface area contributed by atoms with Crippen molar-refractivity contribution in [1.29, 1.82) is 5.26 Å². The first-order valence-corrected chi connectivity index (χ1v) is 8.31. The van der Waals surface area contributed by atoms with Gasteiger partial charge in [0.05, 0.1) is 10.6 Å². The van der Waals surface area contributed by atoms with Crippen LogP contribution in [-0.2, 0) is 0 Å². The van der Waals surface area contributed by atoms with E-state index in [1.165, 1.54) is 11.3 Å². The molecule has 5 nitrogen and oxygen atoms in total. The van der Waals surface area contributed by atoms with Crippen LogP contribution in [0.15, 0.2) is 0 Å². The number of carbonyl (C=O) groups is 1. The fourth-order valence-corrected chi connectivity index (χ4v) is 3.99. The van der Waals surface area contributed by atoms with Gasteiger partial charge in [-0.15, -0.1) is 11.3 Å². The molecule has 0 unspecified atom stereocenters. The molecule has 1 aromatic rings. The average Bonchev–Trinajstić information content (AvgIpc) is 3.30. The number of nitriles is 1. The number of thiophene rings is 1. The predicted molar refractivity (Wildman–Crippen MR) is 84.8 cm³/mol. The first-order chi connectivity index (χ1) is 10.2. The number of anilines is 2. The quantitative estimate of drug-likeness (QED) is 0.861. The van der Waals surface area contributed by atoms with Crippen molar-refractivity contribution in [3.05, 3.63) is 10.4 Å². The largest absolute Gasteiger partial charge is 0.396 e. The van der Waals surface area contributed by atoms with Crippen molar-refractivity contribution in [2.75, 3.05) is 43.4 Å². The Morgan fingerprint density at radius 2 is 2.05 bits per heavy atom. The van der Waals surface area contributed by atoms with Crippen LogP contribution < -0.4 is 10.6 Å². The molecule has 0 amide bonds. The van der Waals surface area contributed by atoms with Crippen LogP contribution in [0.4, 0.5) is 10.7 Å². The lowest BCUT2D eigenvalue weighted by Crippen LogP contribution is -2.46. The zero-order chi connectivity index (χ0) is 15.0. The Morgan fingerprint density at radius 1 is 1.38 bits per heavy atom. The van der Waals surface area contributed by atoms with Crippen LogP contribution in [0.1, 0.15) is 35.0 Å². The second-order valence-corrected chi connectivity index (χ2v) is 6.70. The third kappa shape index (κ3) is 2.63. The van der Waals surface area contributed by atoms with Gasteiger partial charge in [-0.1, -0.05) is 6.92 Å². The molecule has 21 heavy (non-hydrogen) atoms. The van der Waals surface area contributed by atoms with Gasteiger partial charge in [0, 0.05) is 32.1 Å². The van der Waals surface area contributed by atoms with E-state index in [0.717, 1.165) is 50.6 Å². The van der Waals surface area contributed by atoms with Gasteiger partial charge in [0.25, 0.3) is 0 Å². The fourth-order valence-electron chi connectivity index (χ4n) is 2.74. The molecule has 2 N–H and O–H groups in total. The smallest absolute Gasteiger partial charge is 0.178 e. The summed E-state index contributed by atoms with van der Waals surface area (Å²) in [6.45, 7) is 6.97. The molecule has 0 bridgehead atoms. The van der Waals surface area contributed by atoms with Crippen LogP contribution >= 0.6 is 11.3 Å². The molecule has 1 aliphatic heterocycles. The molecule has 0 spiro atoms. The number of carbonyl (C=O) groups excluding carboxylic acids is 1. The van der Waals surface area contributed by atoms with Crippen molar-refractivity contribution in [2.45, 2.75) is 19.8 Å². The maximum absolute atomic E-state index is 12.3. The van der Waals surface area contributed by atoms with Crippen LogP contribution in [0, 0.1) is 17.2 Å². The van der Waals surface area contributed by atoms with Gasteiger partial charge in [-0.05, 0) is 19.4 Å². The third-order valence-corrected chi connectivity index (χ3v) is 5.60. The summed E-state index contributed by atoms with van der Waals surface area (Å²) in [5, 5.41) is 10.3. The monoisotopic (exact) mass is 304 g/mol. The van der Waals surface area contributed by atoms with E-state index in [0.29, 0.717) is 16.1 Å². The van der Waals surface area contributed by atoms with Crippen LogP contribution in [0.25, 0.3) is 0 Å². The minimum absolute atomic E-state index is 0.132. The summed E-state index contributed by atoms with van der Waals surface area (Å²) in [6.07, 6.45) is 1.92. The summed E-state index contributed by atoms with van der Waals surface area (Å²) in [6, 6.07) is 2.20. The first kappa shape index (κ1) is 14.4. The van der Waals surface area contributed by atoms with Crippen LogP contribution in [0.2, 0.25) is 0 Å². The molecule has 0 aromatic carbocycles. The summed E-state index contributed by atoms with van der Waals surface area (Å²) in [5.41, 5.74) is 6.96. The third-order valence-electron chi connectivity index (χ3n) is 4.32. The summed E-state index contributed by atoms with van der Waals surface area (Å²) in [5.74, 6) is 0.273. The topological polar surface area (TPSA) is 73.4 Å². The molecule has 1 aliphatic carbocycles. The van der Waals surface area contributed by atoms with Gasteiger partial charge in [-0.3, -0.25) is 4.79 Å². The zero-order valence-corrected chi connectivity index (χ0v) is 13.1. The van der Waals surface area contributed by atoms with Gasteiger partial charge in [0.2, 0.25) is 0 Å². The van der Waals surface area contributed by atoms with Crippen molar-refractivity contribution >= 4 is 27.8 Å². The zero-order valence-electron chi connectivity index (χ0n) is 12.3. The molecular weight excluding hydrogens is 284 g/mol. The molecule has 1 saturated carbocycles. The number of nitrogens with two attached hydrogens (primary N) is 1. The van der Waals surface area contributed by atoms with Crippen molar-refractivity contribution in [3.63, 3.8) is 0 Å². The first-order valence-electron chi connectivity index (χ1n) is 7.49. The van der Waals surface area contributed by atoms with Crippen molar-refractivity contribution in [2.24, 2.45) is 5.92 Å². The Morgan fingerprint density at radius 3 is 2.57 bits per heavy atom. The minimum atomic E-state index is 0.132. The second kappa shape index (κ2) is 5.66. The summed E-state index contributed by atoms with van der Waals surface area (Å²) in [7, 11) is 0. The average molecular weight is 304 g/mol. The highest BCUT2D eigenvalue weighted by Crippen LogP contribution is 2.43. The summed E-state index contributed by atoms with van der Waals surface area (Å²) < 4.78 is 0. The highest BCUT2D eigenvalue weighted by molar-refractivity contribution is 7.19. The van der Waals surface area contributed by atoms with Crippen LogP contribution in [-0.4, -0.2) is 43.4 Å². The molecule has 0 atom stereocenters. The molecular formula is C15H20N4OS. The Labute approximate surface area is 128 Å². The Kier molecular flexibility index (Phi) is 3.87. The number of piperazine rings is 1. The number of Topliss-reactive ketones (excluding diaryl/α,β-unsaturated/α-hetero) is 1. The van der Waals surface area contributed by atoms with Crippen LogP contribution in [0.5, 0.6) is 0 Å². The number of rotatable bonds is 4. The number of hydrogen-bond donors (Lipinski definition) is 1. The van der Waals surface area contributed by atoms with E-state index in [1.807, 2.05) is 0 Å². The van der Waals surface area contributed by atoms with E-state index < -0.39 is 0 Å². The maximum Gasteiger partial charge on any atom is 0.178 e. The van der Waals surface area contributed by atoms with Gasteiger partial charge < -0.3 is 15.5 Å². The van der Waals surface area contributed by atoms with E-state index in [4.69, 9.17) is 5.73 Å². The van der Waals surface area contributed by atoms with Crippen LogP contribution in [0.3, 0.4) is 0 Å². The molecule has 1 saturated heterocycles. The highest BCUT2D eigenvalue weighted by atomic mass is 32.1. The van der Waals surface area contributed by atoms with Gasteiger partial charge in [0.15, 0.2) is 5.78 Å². The van der Waals surface area contributed by atoms with E-state index in [1.54, 1.807) is 0 Å². The molecule has 6 heteroatoms. The van der Waals surface area contributed by atoms with Crippen molar-refractivity contribution < 1.29 is 4.79 Å². The maximum atomic E-state index is 12.3. The van der Waals surface area contributed by atoms with Gasteiger partial charge in [-0.25, -0.2) is 0 Å². The lowest BCUT2D eigenvalue weighted by Gasteiger charge is -2.34. The molecule has 3 rings (SSSR count). The highest BCUT2D eigenvalue weighted by Gasteiger charge is 2.35. The molecule has 112 valence electrons. The Balaban J connectivity index is 1.86. The molecule has 2 aliphatic rings. The van der Waals surface area contributed by atoms with Crippen molar-refractivity contribution in [3.8, 4) is 6.07 Å². The standard InChI is InChI=1S/C15H20N4OS/c1-2-18-5-7-19(8-6-18)15-11(9-16)12(17)14(21-15)13(20)10-3-4-10/h10H,2-8,17H2,1H3. The summed E-state index contributed by atoms with van der Waals surface area (Å²) >= 11 is 1.41. The fraction of sp³-hybridized carbons (Fsp3) is 0.600. The predicted octanol–water partition coefficient (Wildman–Crippen LogP) is 1.94. The van der Waals surface area contributed by atoms with E-state index in [-0.39, 0.29) is 11.7 Å². The van der Waals surface area contributed by atoms with E-state index in [9.17, 15) is 10.1 Å². The van der Waals surface area contributed by atoms with Gasteiger partial charge in [-0.2, -0.15) is 5.26 Å². The second-order valence-electron chi connectivity index (χ2n) is 5.70. The van der Waals surface area contributed by atoms with E-state index in [2.05, 4.69) is 22.8 Å². The molecule has 2 fully saturated rings. The van der Waals surface area contributed by atoms with Gasteiger partial charge in [0.1, 0.15) is 16.6 Å². The lowest BCUT2D eigenvalue weighted by molar-refractivity contribution is 0.0972. The van der Waals surface area contributed by atoms with E-state index >= 15 is 0 Å². The van der Waals surface area contributed by atoms with Crippen molar-refractivity contribution in [1.82, 2.24) is 4.90 Å². The molecule has 2 heterocycles. The molecule has 0 radical (unpaired) electrons. The summed E-state index contributed by atoms with van der Waals surface area (Å²) in [4.78, 5) is 17.5. The number of nitrogens with zero attached hydrogens (tertiary/aromatic N) is 3. The normalized spacial score (nSPS) is 19.5. The Hall–Kier alpha value is -1.58. The SMILES string of the molecule is CCN1CCN(c2sc(C(=O)C3CC3)c(N)c2C#N)CC1. The number of ketones is 1. The number of nitrogen functional groups attached to an aromatic ring is 1. The Bertz CT molecular complexity index is 592. The van der Waals surface area contributed by atoms with Gasteiger partial charge >= 0.3 is 0 Å². The number of hydrogen-bond acceptors (Lipinski definition) is 6. The lowest BCUT2D eigenvalue weighted by atomic mass is 10.1. The number of likely N-dealkylation sites (N-methyl/N-ethyl adjacent to an activating group) is 1.